The first-order valence-corrected chi connectivity index (χ1v) is 6.20. The van der Waals surface area contributed by atoms with Crippen molar-refractivity contribution in [3.63, 3.8) is 0 Å². The zero-order chi connectivity index (χ0) is 15.6. The summed E-state index contributed by atoms with van der Waals surface area (Å²) in [6, 6.07) is 2.05. The van der Waals surface area contributed by atoms with E-state index in [9.17, 15) is 22.8 Å². The molecule has 1 aromatic rings. The fraction of sp³-hybridized carbons (Fsp3) is 0.333. The summed E-state index contributed by atoms with van der Waals surface area (Å²) in [5, 5.41) is 4.18. The third kappa shape index (κ3) is 3.85. The van der Waals surface area contributed by atoms with Crippen molar-refractivity contribution in [3.8, 4) is 0 Å². The van der Waals surface area contributed by atoms with Crippen LogP contribution in [0.25, 0.3) is 0 Å². The molecule has 9 heteroatoms. The third-order valence-corrected chi connectivity index (χ3v) is 3.04. The Hall–Kier alpha value is -1.80. The molecular formula is C12H10ClF3N2O3. The number of alkyl halides is 3. The summed E-state index contributed by atoms with van der Waals surface area (Å²) >= 11 is 5.48. The second-order valence-corrected chi connectivity index (χ2v) is 4.72. The van der Waals surface area contributed by atoms with Gasteiger partial charge >= 0.3 is 6.18 Å². The van der Waals surface area contributed by atoms with E-state index in [1.165, 1.54) is 6.07 Å². The predicted octanol–water partition coefficient (Wildman–Crippen LogP) is 1.81. The van der Waals surface area contributed by atoms with Crippen LogP contribution >= 0.6 is 11.6 Å². The molecule has 1 aliphatic heterocycles. The van der Waals surface area contributed by atoms with E-state index in [4.69, 9.17) is 16.3 Å². The number of anilines is 1. The smallest absolute Gasteiger partial charge is 0.369 e. The fourth-order valence-corrected chi connectivity index (χ4v) is 1.96. The van der Waals surface area contributed by atoms with E-state index in [1.54, 1.807) is 0 Å². The van der Waals surface area contributed by atoms with Crippen LogP contribution in [-0.2, 0) is 20.5 Å². The van der Waals surface area contributed by atoms with E-state index in [1.807, 2.05) is 0 Å². The van der Waals surface area contributed by atoms with E-state index in [0.717, 1.165) is 12.1 Å². The van der Waals surface area contributed by atoms with Gasteiger partial charge in [0.15, 0.2) is 0 Å². The van der Waals surface area contributed by atoms with Crippen LogP contribution in [0.1, 0.15) is 5.56 Å². The summed E-state index contributed by atoms with van der Waals surface area (Å²) in [6.07, 6.45) is -4.63. The Kier molecular flexibility index (Phi) is 4.38. The molecule has 1 heterocycles. The van der Waals surface area contributed by atoms with Gasteiger partial charge in [-0.1, -0.05) is 11.6 Å². The van der Waals surface area contributed by atoms with Crippen LogP contribution < -0.4 is 10.6 Å². The molecule has 1 atom stereocenters. The van der Waals surface area contributed by atoms with E-state index < -0.39 is 34.6 Å². The summed E-state index contributed by atoms with van der Waals surface area (Å²) in [6.45, 7) is -0.194. The zero-order valence-corrected chi connectivity index (χ0v) is 11.2. The molecule has 0 aliphatic carbocycles. The maximum atomic E-state index is 12.7. The van der Waals surface area contributed by atoms with Crippen LogP contribution in [0.2, 0.25) is 5.02 Å². The molecule has 1 aromatic carbocycles. The minimum Gasteiger partial charge on any atom is -0.369 e. The molecule has 0 bridgehead atoms. The number of ether oxygens (including phenoxy) is 1. The highest BCUT2D eigenvalue weighted by Gasteiger charge is 2.33. The first-order chi connectivity index (χ1) is 9.77. The largest absolute Gasteiger partial charge is 0.417 e. The standard InChI is InChI=1S/C12H10ClF3N2O3/c13-8-2-1-6(3-7(8)12(14,15)16)17-11(20)9-4-21-5-10(19)18-9/h1-3,9H,4-5H2,(H,17,20)(H,18,19). The van der Waals surface area contributed by atoms with Gasteiger partial charge in [0.25, 0.3) is 0 Å². The molecule has 2 N–H and O–H groups in total. The van der Waals surface area contributed by atoms with Crippen LogP contribution in [0, 0.1) is 0 Å². The number of hydrogen-bond donors (Lipinski definition) is 2. The highest BCUT2D eigenvalue weighted by molar-refractivity contribution is 6.31. The van der Waals surface area contributed by atoms with Gasteiger partial charge < -0.3 is 15.4 Å². The lowest BCUT2D eigenvalue weighted by molar-refractivity contribution is -0.137. The highest BCUT2D eigenvalue weighted by Crippen LogP contribution is 2.36. The van der Waals surface area contributed by atoms with Crippen molar-refractivity contribution in [1.82, 2.24) is 5.32 Å². The summed E-state index contributed by atoms with van der Waals surface area (Å²) in [7, 11) is 0. The van der Waals surface area contributed by atoms with Crippen LogP contribution in [0.3, 0.4) is 0 Å². The predicted molar refractivity (Wildman–Crippen MR) is 67.8 cm³/mol. The van der Waals surface area contributed by atoms with Crippen LogP contribution in [0.5, 0.6) is 0 Å². The minimum atomic E-state index is -4.63. The number of rotatable bonds is 2. The molecule has 0 aromatic heterocycles. The summed E-state index contributed by atoms with van der Waals surface area (Å²) in [5.41, 5.74) is -1.12. The van der Waals surface area contributed by atoms with Gasteiger partial charge in [0.2, 0.25) is 11.8 Å². The summed E-state index contributed by atoms with van der Waals surface area (Å²) in [5.74, 6) is -1.13. The molecule has 114 valence electrons. The van der Waals surface area contributed by atoms with Gasteiger partial charge in [0.05, 0.1) is 17.2 Å². The number of nitrogens with one attached hydrogen (secondary N) is 2. The Morgan fingerprint density at radius 3 is 2.76 bits per heavy atom. The average Bonchev–Trinajstić information content (AvgIpc) is 2.39. The first kappa shape index (κ1) is 15.6. The lowest BCUT2D eigenvalue weighted by Gasteiger charge is -2.22. The monoisotopic (exact) mass is 322 g/mol. The maximum absolute atomic E-state index is 12.7. The molecule has 1 saturated heterocycles. The molecule has 2 amide bonds. The number of carbonyl (C=O) groups excluding carboxylic acids is 2. The van der Waals surface area contributed by atoms with Crippen molar-refractivity contribution in [2.75, 3.05) is 18.5 Å². The molecule has 0 radical (unpaired) electrons. The van der Waals surface area contributed by atoms with E-state index in [0.29, 0.717) is 0 Å². The molecule has 21 heavy (non-hydrogen) atoms. The van der Waals surface area contributed by atoms with E-state index >= 15 is 0 Å². The average molecular weight is 323 g/mol. The zero-order valence-electron chi connectivity index (χ0n) is 10.5. The fourth-order valence-electron chi connectivity index (χ4n) is 1.74. The lowest BCUT2D eigenvalue weighted by atomic mass is 10.1. The first-order valence-electron chi connectivity index (χ1n) is 5.82. The summed E-state index contributed by atoms with van der Waals surface area (Å²) < 4.78 is 43.0. The van der Waals surface area contributed by atoms with Gasteiger partial charge in [-0.25, -0.2) is 0 Å². The van der Waals surface area contributed by atoms with E-state index in [-0.39, 0.29) is 18.9 Å². The topological polar surface area (TPSA) is 67.4 Å². The Morgan fingerprint density at radius 1 is 1.43 bits per heavy atom. The molecule has 2 rings (SSSR count). The van der Waals surface area contributed by atoms with Crippen LogP contribution in [-0.4, -0.2) is 31.1 Å². The molecule has 5 nitrogen and oxygen atoms in total. The minimum absolute atomic E-state index is 0.0444. The van der Waals surface area contributed by atoms with Gasteiger partial charge in [-0.15, -0.1) is 0 Å². The number of carbonyl (C=O) groups is 2. The number of benzene rings is 1. The van der Waals surface area contributed by atoms with E-state index in [2.05, 4.69) is 10.6 Å². The Morgan fingerprint density at radius 2 is 2.14 bits per heavy atom. The van der Waals surface area contributed by atoms with Crippen molar-refractivity contribution < 1.29 is 27.5 Å². The van der Waals surface area contributed by atoms with Crippen molar-refractivity contribution in [3.05, 3.63) is 28.8 Å². The van der Waals surface area contributed by atoms with Gasteiger partial charge in [-0.2, -0.15) is 13.2 Å². The van der Waals surface area contributed by atoms with Crippen molar-refractivity contribution in [1.29, 1.82) is 0 Å². The second kappa shape index (κ2) is 5.90. The maximum Gasteiger partial charge on any atom is 0.417 e. The molecule has 1 aliphatic rings. The Bertz CT molecular complexity index is 577. The van der Waals surface area contributed by atoms with Crippen molar-refractivity contribution in [2.45, 2.75) is 12.2 Å². The Balaban J connectivity index is 2.12. The highest BCUT2D eigenvalue weighted by atomic mass is 35.5. The molecule has 0 spiro atoms. The van der Waals surface area contributed by atoms with Crippen LogP contribution in [0.4, 0.5) is 18.9 Å². The number of amides is 2. The molecule has 1 unspecified atom stereocenters. The number of halogens is 4. The quantitative estimate of drug-likeness (QED) is 0.872. The lowest BCUT2D eigenvalue weighted by Crippen LogP contribution is -2.51. The normalized spacial score (nSPS) is 19.0. The second-order valence-electron chi connectivity index (χ2n) is 4.32. The van der Waals surface area contributed by atoms with Gasteiger partial charge in [0.1, 0.15) is 12.6 Å². The molecular weight excluding hydrogens is 313 g/mol. The Labute approximate surface area is 122 Å². The van der Waals surface area contributed by atoms with Crippen LogP contribution in [0.15, 0.2) is 18.2 Å². The summed E-state index contributed by atoms with van der Waals surface area (Å²) in [4.78, 5) is 22.9. The van der Waals surface area contributed by atoms with Crippen molar-refractivity contribution in [2.24, 2.45) is 0 Å². The van der Waals surface area contributed by atoms with Gasteiger partial charge in [-0.3, -0.25) is 9.59 Å². The van der Waals surface area contributed by atoms with Gasteiger partial charge in [-0.05, 0) is 18.2 Å². The molecule has 0 saturated carbocycles. The third-order valence-electron chi connectivity index (χ3n) is 2.71. The number of morpholine rings is 1. The van der Waals surface area contributed by atoms with Crippen molar-refractivity contribution >= 4 is 29.1 Å². The number of hydrogen-bond acceptors (Lipinski definition) is 3. The SMILES string of the molecule is O=C1COCC(C(=O)Nc2ccc(Cl)c(C(F)(F)F)c2)N1. The molecule has 1 fully saturated rings. The van der Waals surface area contributed by atoms with Gasteiger partial charge in [0, 0.05) is 5.69 Å².